The fourth-order valence-corrected chi connectivity index (χ4v) is 2.17. The summed E-state index contributed by atoms with van der Waals surface area (Å²) in [5, 5.41) is 0. The molecular weight excluding hydrogens is 269 g/mol. The van der Waals surface area contributed by atoms with E-state index >= 15 is 0 Å². The molecule has 0 aromatic heterocycles. The number of nitrogens with zero attached hydrogens (tertiary/aromatic N) is 1. The zero-order chi connectivity index (χ0) is 12.9. The zero-order valence-corrected chi connectivity index (χ0v) is 11.0. The standard InChI is InChI=1S/C11H19F3N2O.ClH/c12-11(13,14)5-3-10(17)16-7-1-2-9(8-16)4-6-15;/h9H,1-8,15H2;1H. The quantitative estimate of drug-likeness (QED) is 0.863. The van der Waals surface area contributed by atoms with Gasteiger partial charge in [0.25, 0.3) is 0 Å². The van der Waals surface area contributed by atoms with Crippen LogP contribution >= 0.6 is 12.4 Å². The minimum atomic E-state index is -4.25. The molecule has 7 heteroatoms. The number of carbonyl (C=O) groups is 1. The van der Waals surface area contributed by atoms with E-state index in [9.17, 15) is 18.0 Å². The predicted molar refractivity (Wildman–Crippen MR) is 65.5 cm³/mol. The average Bonchev–Trinajstić information content (AvgIpc) is 2.26. The number of halogens is 4. The summed E-state index contributed by atoms with van der Waals surface area (Å²) >= 11 is 0. The molecule has 0 aromatic rings. The van der Waals surface area contributed by atoms with E-state index in [1.165, 1.54) is 0 Å². The van der Waals surface area contributed by atoms with Crippen molar-refractivity contribution < 1.29 is 18.0 Å². The third-order valence-corrected chi connectivity index (χ3v) is 3.07. The number of nitrogens with two attached hydrogens (primary N) is 1. The smallest absolute Gasteiger partial charge is 0.342 e. The Labute approximate surface area is 111 Å². The van der Waals surface area contributed by atoms with Crippen molar-refractivity contribution >= 4 is 18.3 Å². The van der Waals surface area contributed by atoms with Gasteiger partial charge in [-0.15, -0.1) is 12.4 Å². The minimum absolute atomic E-state index is 0. The average molecular weight is 289 g/mol. The Morgan fingerprint density at radius 2 is 2.06 bits per heavy atom. The third kappa shape index (κ3) is 6.44. The number of hydrogen-bond donors (Lipinski definition) is 1. The van der Waals surface area contributed by atoms with Crippen LogP contribution in [-0.4, -0.2) is 36.6 Å². The first-order valence-corrected chi connectivity index (χ1v) is 5.97. The molecule has 1 atom stereocenters. The highest BCUT2D eigenvalue weighted by molar-refractivity contribution is 5.85. The van der Waals surface area contributed by atoms with Crippen LogP contribution in [0.2, 0.25) is 0 Å². The fourth-order valence-electron chi connectivity index (χ4n) is 2.17. The van der Waals surface area contributed by atoms with Gasteiger partial charge >= 0.3 is 6.18 Å². The molecule has 2 N–H and O–H groups in total. The lowest BCUT2D eigenvalue weighted by molar-refractivity contribution is -0.150. The summed E-state index contributed by atoms with van der Waals surface area (Å²) in [5.74, 6) is -0.0346. The Bertz CT molecular complexity index is 259. The number of hydrogen-bond acceptors (Lipinski definition) is 2. The molecule has 1 fully saturated rings. The molecule has 0 bridgehead atoms. The maximum atomic E-state index is 12.0. The Morgan fingerprint density at radius 1 is 1.39 bits per heavy atom. The summed E-state index contributed by atoms with van der Waals surface area (Å²) in [7, 11) is 0. The lowest BCUT2D eigenvalue weighted by Crippen LogP contribution is -2.40. The van der Waals surface area contributed by atoms with Crippen LogP contribution in [0.25, 0.3) is 0 Å². The van der Waals surface area contributed by atoms with Crippen molar-refractivity contribution in [1.29, 1.82) is 0 Å². The van der Waals surface area contributed by atoms with Gasteiger partial charge in [0.05, 0.1) is 6.42 Å². The summed E-state index contributed by atoms with van der Waals surface area (Å²) in [5.41, 5.74) is 5.44. The summed E-state index contributed by atoms with van der Waals surface area (Å²) in [4.78, 5) is 13.1. The molecule has 1 saturated heterocycles. The maximum absolute atomic E-state index is 12.0. The Hall–Kier alpha value is -0.490. The molecule has 0 saturated carbocycles. The number of amides is 1. The lowest BCUT2D eigenvalue weighted by atomic mass is 9.94. The van der Waals surface area contributed by atoms with E-state index in [-0.39, 0.29) is 18.3 Å². The lowest BCUT2D eigenvalue weighted by Gasteiger charge is -2.32. The molecular formula is C11H20ClF3N2O. The van der Waals surface area contributed by atoms with E-state index in [2.05, 4.69) is 0 Å². The van der Waals surface area contributed by atoms with Gasteiger partial charge in [-0.25, -0.2) is 0 Å². The highest BCUT2D eigenvalue weighted by atomic mass is 35.5. The number of likely N-dealkylation sites (tertiary alicyclic amines) is 1. The fraction of sp³-hybridized carbons (Fsp3) is 0.909. The first kappa shape index (κ1) is 17.5. The summed E-state index contributed by atoms with van der Waals surface area (Å²) < 4.78 is 36.0. The zero-order valence-electron chi connectivity index (χ0n) is 10.2. The van der Waals surface area contributed by atoms with Crippen LogP contribution < -0.4 is 5.73 Å². The molecule has 1 unspecified atom stereocenters. The van der Waals surface area contributed by atoms with Gasteiger partial charge in [0, 0.05) is 19.5 Å². The minimum Gasteiger partial charge on any atom is -0.342 e. The van der Waals surface area contributed by atoms with Gasteiger partial charge < -0.3 is 10.6 Å². The molecule has 108 valence electrons. The highest BCUT2D eigenvalue weighted by Gasteiger charge is 2.30. The van der Waals surface area contributed by atoms with E-state index in [4.69, 9.17) is 5.73 Å². The molecule has 3 nitrogen and oxygen atoms in total. The van der Waals surface area contributed by atoms with Crippen molar-refractivity contribution in [1.82, 2.24) is 4.90 Å². The van der Waals surface area contributed by atoms with Gasteiger partial charge in [-0.3, -0.25) is 4.79 Å². The topological polar surface area (TPSA) is 46.3 Å². The van der Waals surface area contributed by atoms with E-state index in [0.29, 0.717) is 25.6 Å². The highest BCUT2D eigenvalue weighted by Crippen LogP contribution is 2.24. The molecule has 0 spiro atoms. The van der Waals surface area contributed by atoms with Gasteiger partial charge in [-0.2, -0.15) is 13.2 Å². The van der Waals surface area contributed by atoms with Crippen LogP contribution in [0.4, 0.5) is 13.2 Å². The molecule has 1 rings (SSSR count). The van der Waals surface area contributed by atoms with Crippen molar-refractivity contribution in [3.63, 3.8) is 0 Å². The van der Waals surface area contributed by atoms with Gasteiger partial charge in [-0.05, 0) is 31.7 Å². The van der Waals surface area contributed by atoms with Crippen LogP contribution in [0.3, 0.4) is 0 Å². The molecule has 1 aliphatic heterocycles. The number of carbonyl (C=O) groups excluding carboxylic acids is 1. The third-order valence-electron chi connectivity index (χ3n) is 3.07. The van der Waals surface area contributed by atoms with Crippen molar-refractivity contribution in [2.75, 3.05) is 19.6 Å². The van der Waals surface area contributed by atoms with Crippen molar-refractivity contribution in [3.05, 3.63) is 0 Å². The molecule has 0 aromatic carbocycles. The van der Waals surface area contributed by atoms with Gasteiger partial charge in [0.15, 0.2) is 0 Å². The summed E-state index contributed by atoms with van der Waals surface area (Å²) in [6.07, 6.45) is -2.99. The van der Waals surface area contributed by atoms with Gasteiger partial charge in [-0.1, -0.05) is 0 Å². The van der Waals surface area contributed by atoms with Crippen LogP contribution in [0.5, 0.6) is 0 Å². The van der Waals surface area contributed by atoms with Crippen LogP contribution in [-0.2, 0) is 4.79 Å². The number of alkyl halides is 3. The summed E-state index contributed by atoms with van der Waals surface area (Å²) in [6.45, 7) is 1.71. The van der Waals surface area contributed by atoms with Gasteiger partial charge in [0.2, 0.25) is 5.91 Å². The number of rotatable bonds is 4. The SMILES string of the molecule is Cl.NCCC1CCCN(C(=O)CCC(F)(F)F)C1. The van der Waals surface area contributed by atoms with Crippen LogP contribution in [0, 0.1) is 5.92 Å². The maximum Gasteiger partial charge on any atom is 0.389 e. The van der Waals surface area contributed by atoms with Gasteiger partial charge in [0.1, 0.15) is 0 Å². The van der Waals surface area contributed by atoms with E-state index in [0.717, 1.165) is 19.3 Å². The first-order chi connectivity index (χ1) is 7.92. The molecule has 1 heterocycles. The first-order valence-electron chi connectivity index (χ1n) is 5.97. The second kappa shape index (κ2) is 7.84. The normalized spacial score (nSPS) is 20.4. The van der Waals surface area contributed by atoms with E-state index in [1.54, 1.807) is 4.90 Å². The largest absolute Gasteiger partial charge is 0.389 e. The summed E-state index contributed by atoms with van der Waals surface area (Å²) in [6, 6.07) is 0. The molecule has 0 aliphatic carbocycles. The molecule has 0 radical (unpaired) electrons. The molecule has 18 heavy (non-hydrogen) atoms. The predicted octanol–water partition coefficient (Wildman–Crippen LogP) is 2.34. The molecule has 1 amide bonds. The van der Waals surface area contributed by atoms with Crippen molar-refractivity contribution in [2.45, 2.75) is 38.3 Å². The monoisotopic (exact) mass is 288 g/mol. The number of piperidine rings is 1. The second-order valence-electron chi connectivity index (χ2n) is 4.54. The van der Waals surface area contributed by atoms with E-state index < -0.39 is 19.0 Å². The Morgan fingerprint density at radius 3 is 2.61 bits per heavy atom. The van der Waals surface area contributed by atoms with Crippen molar-refractivity contribution in [3.8, 4) is 0 Å². The second-order valence-corrected chi connectivity index (χ2v) is 4.54. The Balaban J connectivity index is 0.00000289. The van der Waals surface area contributed by atoms with Crippen molar-refractivity contribution in [2.24, 2.45) is 11.7 Å². The van der Waals surface area contributed by atoms with Crippen LogP contribution in [0.15, 0.2) is 0 Å². The van der Waals surface area contributed by atoms with E-state index in [1.807, 2.05) is 0 Å². The molecule has 1 aliphatic rings. The Kier molecular flexibility index (Phi) is 7.62. The van der Waals surface area contributed by atoms with Crippen LogP contribution in [0.1, 0.15) is 32.1 Å².